The zero-order valence-electron chi connectivity index (χ0n) is 13.8. The van der Waals surface area contributed by atoms with Crippen LogP contribution in [0.25, 0.3) is 0 Å². The molecule has 1 fully saturated rings. The van der Waals surface area contributed by atoms with Crippen molar-refractivity contribution in [2.45, 2.75) is 58.4 Å². The molecule has 0 spiro atoms. The molecular weight excluding hydrogens is 324 g/mol. The minimum atomic E-state index is -1.36. The maximum atomic E-state index is 11.4. The molecule has 134 valence electrons. The lowest BCUT2D eigenvalue weighted by molar-refractivity contribution is -0.287. The Labute approximate surface area is 138 Å². The van der Waals surface area contributed by atoms with Crippen molar-refractivity contribution in [3.8, 4) is 0 Å². The Morgan fingerprint density at radius 3 is 1.58 bits per heavy atom. The summed E-state index contributed by atoms with van der Waals surface area (Å²) in [6.07, 6.45) is -4.68. The van der Waals surface area contributed by atoms with Crippen molar-refractivity contribution in [1.82, 2.24) is 0 Å². The summed E-state index contributed by atoms with van der Waals surface area (Å²) in [5, 5.41) is 0. The van der Waals surface area contributed by atoms with E-state index in [4.69, 9.17) is 23.7 Å². The maximum Gasteiger partial charge on any atom is 0.305 e. The molecule has 9 nitrogen and oxygen atoms in total. The second-order valence-electron chi connectivity index (χ2n) is 5.04. The molecule has 0 aromatic heterocycles. The van der Waals surface area contributed by atoms with Gasteiger partial charge >= 0.3 is 23.9 Å². The van der Waals surface area contributed by atoms with E-state index in [9.17, 15) is 19.2 Å². The summed E-state index contributed by atoms with van der Waals surface area (Å²) < 4.78 is 25.8. The van der Waals surface area contributed by atoms with Gasteiger partial charge in [0.15, 0.2) is 12.2 Å². The van der Waals surface area contributed by atoms with Gasteiger partial charge in [-0.1, -0.05) is 6.08 Å². The van der Waals surface area contributed by atoms with Gasteiger partial charge in [0.2, 0.25) is 12.4 Å². The molecule has 0 aromatic carbocycles. The second kappa shape index (κ2) is 8.44. The van der Waals surface area contributed by atoms with Gasteiger partial charge in [0.05, 0.1) is 0 Å². The van der Waals surface area contributed by atoms with Gasteiger partial charge in [-0.25, -0.2) is 0 Å². The third-order valence-corrected chi connectivity index (χ3v) is 2.95. The van der Waals surface area contributed by atoms with Gasteiger partial charge in [0, 0.05) is 27.7 Å². The first-order valence-corrected chi connectivity index (χ1v) is 7.12. The lowest BCUT2D eigenvalue weighted by Crippen LogP contribution is -2.61. The predicted octanol–water partition coefficient (Wildman–Crippen LogP) is 0.255. The van der Waals surface area contributed by atoms with Crippen LogP contribution < -0.4 is 0 Å². The molecule has 1 aliphatic rings. The predicted molar refractivity (Wildman–Crippen MR) is 77.3 cm³/mol. The first-order chi connectivity index (χ1) is 11.1. The van der Waals surface area contributed by atoms with Crippen molar-refractivity contribution in [2.75, 3.05) is 0 Å². The topological polar surface area (TPSA) is 114 Å². The lowest BCUT2D eigenvalue weighted by atomic mass is 9.98. The van der Waals surface area contributed by atoms with Gasteiger partial charge in [0.25, 0.3) is 0 Å². The molecule has 0 bridgehead atoms. The molecule has 0 radical (unpaired) electrons. The molecule has 1 heterocycles. The lowest BCUT2D eigenvalue weighted by Gasteiger charge is -2.42. The molecule has 0 amide bonds. The Bertz CT molecular complexity index is 527. The fourth-order valence-corrected chi connectivity index (χ4v) is 2.25. The normalized spacial score (nSPS) is 29.1. The molecule has 9 heteroatoms. The standard InChI is InChI=1S/C15H20O9/c1-6-11-12(20-7(2)16)13(21-8(3)17)14(22-9(4)18)15(24-11)23-10(5)19/h6,11-15H,1H2,2-5H3/t11-,12+,13+,14-,15?/m1/s1. The SMILES string of the molecule is C=C[C@H]1OC(OC(C)=O)[C@H](OC(C)=O)[C@@H](OC(C)=O)[C@H]1OC(C)=O. The highest BCUT2D eigenvalue weighted by Crippen LogP contribution is 2.30. The van der Waals surface area contributed by atoms with Crippen molar-refractivity contribution >= 4 is 23.9 Å². The Hall–Kier alpha value is -2.42. The number of carbonyl (C=O) groups excluding carboxylic acids is 4. The van der Waals surface area contributed by atoms with E-state index in [1.54, 1.807) is 0 Å². The van der Waals surface area contributed by atoms with Crippen LogP contribution in [-0.2, 0) is 42.9 Å². The van der Waals surface area contributed by atoms with Crippen molar-refractivity contribution in [2.24, 2.45) is 0 Å². The van der Waals surface area contributed by atoms with Gasteiger partial charge in [-0.2, -0.15) is 0 Å². The van der Waals surface area contributed by atoms with Gasteiger partial charge in [-0.3, -0.25) is 19.2 Å². The van der Waals surface area contributed by atoms with E-state index in [1.807, 2.05) is 0 Å². The zero-order chi connectivity index (χ0) is 18.4. The molecule has 0 N–H and O–H groups in total. The van der Waals surface area contributed by atoms with E-state index in [2.05, 4.69) is 6.58 Å². The monoisotopic (exact) mass is 344 g/mol. The van der Waals surface area contributed by atoms with Crippen molar-refractivity contribution in [3.05, 3.63) is 12.7 Å². The number of hydrogen-bond acceptors (Lipinski definition) is 9. The average molecular weight is 344 g/mol. The van der Waals surface area contributed by atoms with Gasteiger partial charge in [0.1, 0.15) is 6.10 Å². The summed E-state index contributed by atoms with van der Waals surface area (Å²) in [7, 11) is 0. The summed E-state index contributed by atoms with van der Waals surface area (Å²) in [5.41, 5.74) is 0. The fourth-order valence-electron chi connectivity index (χ4n) is 2.25. The van der Waals surface area contributed by atoms with E-state index < -0.39 is 54.6 Å². The van der Waals surface area contributed by atoms with Crippen molar-refractivity contribution in [3.63, 3.8) is 0 Å². The Morgan fingerprint density at radius 1 is 0.750 bits per heavy atom. The van der Waals surface area contributed by atoms with Crippen LogP contribution in [0.5, 0.6) is 0 Å². The third kappa shape index (κ3) is 5.34. The summed E-state index contributed by atoms with van der Waals surface area (Å²) >= 11 is 0. The first-order valence-electron chi connectivity index (χ1n) is 7.12. The van der Waals surface area contributed by atoms with Gasteiger partial charge < -0.3 is 23.7 Å². The highest BCUT2D eigenvalue weighted by molar-refractivity contribution is 5.69. The molecule has 1 unspecified atom stereocenters. The quantitative estimate of drug-likeness (QED) is 0.393. The molecule has 0 aromatic rings. The van der Waals surface area contributed by atoms with E-state index in [-0.39, 0.29) is 0 Å². The number of esters is 4. The summed E-state index contributed by atoms with van der Waals surface area (Å²) in [4.78, 5) is 45.4. The highest BCUT2D eigenvalue weighted by Gasteiger charge is 2.52. The van der Waals surface area contributed by atoms with E-state index in [0.29, 0.717) is 0 Å². The number of rotatable bonds is 5. The smallest absolute Gasteiger partial charge is 0.305 e. The molecule has 5 atom stereocenters. The fraction of sp³-hybridized carbons (Fsp3) is 0.600. The Kier molecular flexibility index (Phi) is 6.90. The van der Waals surface area contributed by atoms with Crippen LogP contribution >= 0.6 is 0 Å². The molecular formula is C15H20O9. The summed E-state index contributed by atoms with van der Waals surface area (Å²) in [5.74, 6) is -2.80. The van der Waals surface area contributed by atoms with Crippen LogP contribution in [0.15, 0.2) is 12.7 Å². The zero-order valence-corrected chi connectivity index (χ0v) is 13.8. The highest BCUT2D eigenvalue weighted by atomic mass is 16.7. The molecule has 24 heavy (non-hydrogen) atoms. The number of carbonyl (C=O) groups is 4. The summed E-state index contributed by atoms with van der Waals surface area (Å²) in [6.45, 7) is 8.10. The maximum absolute atomic E-state index is 11.4. The molecule has 1 rings (SSSR count). The molecule has 0 aliphatic carbocycles. The van der Waals surface area contributed by atoms with Crippen LogP contribution in [-0.4, -0.2) is 54.6 Å². The minimum absolute atomic E-state index is 0.667. The molecule has 1 saturated heterocycles. The van der Waals surface area contributed by atoms with Crippen LogP contribution in [0.1, 0.15) is 27.7 Å². The summed E-state index contributed by atoms with van der Waals surface area (Å²) in [6, 6.07) is 0. The van der Waals surface area contributed by atoms with Crippen LogP contribution in [0.2, 0.25) is 0 Å². The third-order valence-electron chi connectivity index (χ3n) is 2.95. The van der Waals surface area contributed by atoms with Crippen LogP contribution in [0.3, 0.4) is 0 Å². The van der Waals surface area contributed by atoms with E-state index >= 15 is 0 Å². The van der Waals surface area contributed by atoms with Gasteiger partial charge in [-0.15, -0.1) is 6.58 Å². The second-order valence-corrected chi connectivity index (χ2v) is 5.04. The van der Waals surface area contributed by atoms with Crippen LogP contribution in [0.4, 0.5) is 0 Å². The minimum Gasteiger partial charge on any atom is -0.455 e. The van der Waals surface area contributed by atoms with Gasteiger partial charge in [-0.05, 0) is 0 Å². The van der Waals surface area contributed by atoms with E-state index in [1.165, 1.54) is 6.08 Å². The number of ether oxygens (including phenoxy) is 5. The Balaban J connectivity index is 3.25. The van der Waals surface area contributed by atoms with E-state index in [0.717, 1.165) is 27.7 Å². The number of hydrogen-bond donors (Lipinski definition) is 0. The van der Waals surface area contributed by atoms with Crippen LogP contribution in [0, 0.1) is 0 Å². The average Bonchev–Trinajstić information content (AvgIpc) is 2.42. The Morgan fingerprint density at radius 2 is 1.17 bits per heavy atom. The largest absolute Gasteiger partial charge is 0.455 e. The van der Waals surface area contributed by atoms with Crippen molar-refractivity contribution < 1.29 is 42.9 Å². The molecule has 0 saturated carbocycles. The molecule has 1 aliphatic heterocycles. The van der Waals surface area contributed by atoms with Crippen molar-refractivity contribution in [1.29, 1.82) is 0 Å². The first kappa shape index (κ1) is 19.6.